The van der Waals surface area contributed by atoms with E-state index in [9.17, 15) is 4.79 Å². The summed E-state index contributed by atoms with van der Waals surface area (Å²) in [5.41, 5.74) is 2.27. The van der Waals surface area contributed by atoms with Crippen LogP contribution >= 0.6 is 39.7 Å². The zero-order valence-electron chi connectivity index (χ0n) is 13.4. The number of carbonyl (C=O) groups is 1. The van der Waals surface area contributed by atoms with E-state index in [4.69, 9.17) is 23.8 Å². The number of nitrogens with one attached hydrogen (secondary N) is 2. The predicted molar refractivity (Wildman–Crippen MR) is 111 cm³/mol. The molecule has 1 amide bonds. The van der Waals surface area contributed by atoms with Gasteiger partial charge in [0.15, 0.2) is 5.11 Å². The Bertz CT molecular complexity index is 791. The molecule has 0 saturated carbocycles. The number of hydrogen-bond acceptors (Lipinski definition) is 3. The maximum atomic E-state index is 12.3. The molecule has 25 heavy (non-hydrogen) atoms. The van der Waals surface area contributed by atoms with Gasteiger partial charge in [-0.2, -0.15) is 0 Å². The molecular formula is C18H17BrClN3OS. The van der Waals surface area contributed by atoms with Crippen LogP contribution < -0.4 is 15.5 Å². The normalized spacial score (nSPS) is 13.6. The van der Waals surface area contributed by atoms with E-state index in [0.29, 0.717) is 10.6 Å². The first-order valence-electron chi connectivity index (χ1n) is 7.96. The predicted octanol–water partition coefficient (Wildman–Crippen LogP) is 4.83. The average Bonchev–Trinajstić information content (AvgIpc) is 3.09. The third-order valence-electron chi connectivity index (χ3n) is 3.99. The third-order valence-corrected chi connectivity index (χ3v) is 5.03. The number of hydrogen-bond donors (Lipinski definition) is 2. The Kier molecular flexibility index (Phi) is 5.93. The van der Waals surface area contributed by atoms with Crippen LogP contribution in [0.2, 0.25) is 5.02 Å². The van der Waals surface area contributed by atoms with E-state index in [-0.39, 0.29) is 11.0 Å². The van der Waals surface area contributed by atoms with Gasteiger partial charge in [0.1, 0.15) is 0 Å². The highest BCUT2D eigenvalue weighted by atomic mass is 79.9. The molecule has 0 aliphatic carbocycles. The van der Waals surface area contributed by atoms with E-state index < -0.39 is 0 Å². The molecule has 1 saturated heterocycles. The van der Waals surface area contributed by atoms with Gasteiger partial charge in [-0.1, -0.05) is 33.6 Å². The Labute approximate surface area is 165 Å². The molecule has 2 aromatic rings. The fourth-order valence-corrected chi connectivity index (χ4v) is 3.57. The first-order chi connectivity index (χ1) is 12.0. The number of carbonyl (C=O) groups excluding carboxylic acids is 1. The number of anilines is 2. The van der Waals surface area contributed by atoms with Crippen molar-refractivity contribution >= 4 is 62.1 Å². The molecule has 1 aliphatic rings. The Morgan fingerprint density at radius 2 is 1.80 bits per heavy atom. The molecule has 0 atom stereocenters. The first kappa shape index (κ1) is 18.2. The first-order valence-corrected chi connectivity index (χ1v) is 9.54. The van der Waals surface area contributed by atoms with Crippen molar-refractivity contribution in [3.63, 3.8) is 0 Å². The molecule has 1 aliphatic heterocycles. The lowest BCUT2D eigenvalue weighted by Crippen LogP contribution is -2.34. The van der Waals surface area contributed by atoms with Crippen LogP contribution in [0.25, 0.3) is 0 Å². The van der Waals surface area contributed by atoms with Gasteiger partial charge in [-0.15, -0.1) is 0 Å². The minimum absolute atomic E-state index is 0.246. The van der Waals surface area contributed by atoms with Crippen LogP contribution in [0.5, 0.6) is 0 Å². The van der Waals surface area contributed by atoms with E-state index in [1.807, 2.05) is 30.3 Å². The van der Waals surface area contributed by atoms with Crippen LogP contribution in [0.4, 0.5) is 11.4 Å². The molecule has 130 valence electrons. The maximum Gasteiger partial charge on any atom is 0.257 e. The van der Waals surface area contributed by atoms with Crippen molar-refractivity contribution < 1.29 is 4.79 Å². The van der Waals surface area contributed by atoms with Crippen LogP contribution in [0.3, 0.4) is 0 Å². The summed E-state index contributed by atoms with van der Waals surface area (Å²) >= 11 is 15.0. The molecule has 3 rings (SSSR count). The molecule has 0 radical (unpaired) electrons. The van der Waals surface area contributed by atoms with Crippen molar-refractivity contribution in [1.82, 2.24) is 5.32 Å². The highest BCUT2D eigenvalue weighted by Crippen LogP contribution is 2.35. The summed E-state index contributed by atoms with van der Waals surface area (Å²) in [4.78, 5) is 14.5. The highest BCUT2D eigenvalue weighted by Gasteiger charge is 2.19. The fraction of sp³-hybridized carbons (Fsp3) is 0.222. The number of nitrogens with zero attached hydrogens (tertiary/aromatic N) is 1. The molecule has 2 aromatic carbocycles. The number of halogens is 2. The van der Waals surface area contributed by atoms with Crippen molar-refractivity contribution in [2.24, 2.45) is 0 Å². The monoisotopic (exact) mass is 437 g/mol. The number of thiocarbonyl (C=S) groups is 1. The van der Waals surface area contributed by atoms with Gasteiger partial charge in [-0.25, -0.2) is 0 Å². The summed E-state index contributed by atoms with van der Waals surface area (Å²) in [5.74, 6) is -0.255. The Hall–Kier alpha value is -1.63. The van der Waals surface area contributed by atoms with Crippen molar-refractivity contribution in [3.8, 4) is 0 Å². The van der Waals surface area contributed by atoms with Gasteiger partial charge >= 0.3 is 0 Å². The van der Waals surface area contributed by atoms with Crippen LogP contribution in [-0.4, -0.2) is 24.1 Å². The number of benzene rings is 2. The maximum absolute atomic E-state index is 12.3. The van der Waals surface area contributed by atoms with Crippen LogP contribution in [-0.2, 0) is 0 Å². The fourth-order valence-electron chi connectivity index (χ4n) is 2.81. The smallest absolute Gasteiger partial charge is 0.257 e. The summed E-state index contributed by atoms with van der Waals surface area (Å²) in [5, 5.41) is 6.73. The lowest BCUT2D eigenvalue weighted by molar-refractivity contribution is 0.0977. The Morgan fingerprint density at radius 1 is 1.12 bits per heavy atom. The zero-order chi connectivity index (χ0) is 17.8. The van der Waals surface area contributed by atoms with Gasteiger partial charge in [0.05, 0.1) is 16.4 Å². The van der Waals surface area contributed by atoms with Gasteiger partial charge < -0.3 is 10.2 Å². The van der Waals surface area contributed by atoms with Gasteiger partial charge in [0.2, 0.25) is 0 Å². The van der Waals surface area contributed by atoms with E-state index in [1.165, 1.54) is 0 Å². The van der Waals surface area contributed by atoms with Crippen LogP contribution in [0.1, 0.15) is 23.2 Å². The van der Waals surface area contributed by atoms with E-state index in [0.717, 1.165) is 41.8 Å². The lowest BCUT2D eigenvalue weighted by Gasteiger charge is -2.23. The summed E-state index contributed by atoms with van der Waals surface area (Å²) in [6.07, 6.45) is 2.30. The van der Waals surface area contributed by atoms with Crippen molar-refractivity contribution in [2.45, 2.75) is 12.8 Å². The molecule has 1 heterocycles. The second kappa shape index (κ2) is 8.17. The molecule has 1 fully saturated rings. The number of para-hydroxylation sites is 1. The molecular weight excluding hydrogens is 422 g/mol. The number of rotatable bonds is 3. The molecule has 4 nitrogen and oxygen atoms in total. The molecule has 0 spiro atoms. The van der Waals surface area contributed by atoms with Crippen molar-refractivity contribution in [2.75, 3.05) is 23.3 Å². The summed E-state index contributed by atoms with van der Waals surface area (Å²) in [6, 6.07) is 12.7. The van der Waals surface area contributed by atoms with Gasteiger partial charge in [-0.05, 0) is 61.5 Å². The van der Waals surface area contributed by atoms with E-state index in [1.54, 1.807) is 12.1 Å². The quantitative estimate of drug-likeness (QED) is 0.674. The Morgan fingerprint density at radius 3 is 2.48 bits per heavy atom. The molecule has 7 heteroatoms. The van der Waals surface area contributed by atoms with Crippen molar-refractivity contribution in [3.05, 3.63) is 57.5 Å². The van der Waals surface area contributed by atoms with Gasteiger partial charge in [0, 0.05) is 23.1 Å². The Balaban J connectivity index is 1.71. The van der Waals surface area contributed by atoms with Crippen LogP contribution in [0.15, 0.2) is 46.9 Å². The SMILES string of the molecule is O=C(NC(=S)Nc1cccc(Cl)c1N1CCCC1)c1ccc(Br)cc1. The lowest BCUT2D eigenvalue weighted by atomic mass is 10.2. The summed E-state index contributed by atoms with van der Waals surface area (Å²) < 4.78 is 0.916. The minimum atomic E-state index is -0.255. The van der Waals surface area contributed by atoms with Gasteiger partial charge in [0.25, 0.3) is 5.91 Å². The zero-order valence-corrected chi connectivity index (χ0v) is 16.5. The second-order valence-electron chi connectivity index (χ2n) is 5.75. The average molecular weight is 439 g/mol. The van der Waals surface area contributed by atoms with Gasteiger partial charge in [-0.3, -0.25) is 10.1 Å². The summed E-state index contributed by atoms with van der Waals surface area (Å²) in [7, 11) is 0. The highest BCUT2D eigenvalue weighted by molar-refractivity contribution is 9.10. The molecule has 0 bridgehead atoms. The van der Waals surface area contributed by atoms with Crippen LogP contribution in [0, 0.1) is 0 Å². The van der Waals surface area contributed by atoms with E-state index >= 15 is 0 Å². The standard InChI is InChI=1S/C18H17BrClN3OS/c19-13-8-6-12(7-9-13)17(24)22-18(25)21-15-5-3-4-14(20)16(15)23-10-1-2-11-23/h3-9H,1-2,10-11H2,(H2,21,22,24,25). The summed E-state index contributed by atoms with van der Waals surface area (Å²) in [6.45, 7) is 1.94. The molecule has 0 aromatic heterocycles. The minimum Gasteiger partial charge on any atom is -0.369 e. The number of amides is 1. The molecule has 0 unspecified atom stereocenters. The third kappa shape index (κ3) is 4.51. The molecule has 2 N–H and O–H groups in total. The topological polar surface area (TPSA) is 44.4 Å². The second-order valence-corrected chi connectivity index (χ2v) is 7.48. The largest absolute Gasteiger partial charge is 0.369 e. The van der Waals surface area contributed by atoms with Crippen molar-refractivity contribution in [1.29, 1.82) is 0 Å². The van der Waals surface area contributed by atoms with E-state index in [2.05, 4.69) is 31.5 Å².